The molecule has 0 aromatic heterocycles. The third-order valence-electron chi connectivity index (χ3n) is 4.09. The fourth-order valence-electron chi connectivity index (χ4n) is 2.89. The Morgan fingerprint density at radius 2 is 1.64 bits per heavy atom. The minimum atomic E-state index is -0.378. The number of methoxy groups -OCH3 is 3. The molecule has 5 heteroatoms. The van der Waals surface area contributed by atoms with Crippen molar-refractivity contribution in [3.8, 4) is 17.2 Å². The second kappa shape index (κ2) is 7.38. The van der Waals surface area contributed by atoms with Crippen molar-refractivity contribution in [1.82, 2.24) is 0 Å². The van der Waals surface area contributed by atoms with Crippen molar-refractivity contribution in [3.63, 3.8) is 0 Å². The molecule has 1 aliphatic carbocycles. The van der Waals surface area contributed by atoms with Crippen molar-refractivity contribution in [2.75, 3.05) is 21.3 Å². The third kappa shape index (κ3) is 3.64. The van der Waals surface area contributed by atoms with Gasteiger partial charge in [0.15, 0.2) is 11.5 Å². The molecule has 0 radical (unpaired) electrons. The zero-order valence-corrected chi connectivity index (χ0v) is 13.7. The van der Waals surface area contributed by atoms with Crippen molar-refractivity contribution >= 4 is 5.97 Å². The number of esters is 1. The quantitative estimate of drug-likeness (QED) is 0.780. The molecule has 0 heterocycles. The first-order chi connectivity index (χ1) is 10.6. The van der Waals surface area contributed by atoms with Crippen molar-refractivity contribution < 1.29 is 23.7 Å². The SMILES string of the molecule is COc1cc(OC)c(C(=O)OC2CCCC(C)C2)cc1OC. The topological polar surface area (TPSA) is 54.0 Å². The average molecular weight is 308 g/mol. The van der Waals surface area contributed by atoms with Gasteiger partial charge in [-0.3, -0.25) is 0 Å². The van der Waals surface area contributed by atoms with Gasteiger partial charge in [-0.25, -0.2) is 4.79 Å². The summed E-state index contributed by atoms with van der Waals surface area (Å²) in [6.45, 7) is 2.19. The van der Waals surface area contributed by atoms with E-state index in [0.29, 0.717) is 28.7 Å². The summed E-state index contributed by atoms with van der Waals surface area (Å²) in [5, 5.41) is 0. The van der Waals surface area contributed by atoms with Crippen LogP contribution in [0.15, 0.2) is 12.1 Å². The Morgan fingerprint density at radius 1 is 1.00 bits per heavy atom. The largest absolute Gasteiger partial charge is 0.496 e. The molecule has 1 saturated carbocycles. The summed E-state index contributed by atoms with van der Waals surface area (Å²) in [6.07, 6.45) is 4.12. The summed E-state index contributed by atoms with van der Waals surface area (Å²) in [7, 11) is 4.58. The fourth-order valence-corrected chi connectivity index (χ4v) is 2.89. The zero-order valence-electron chi connectivity index (χ0n) is 13.7. The van der Waals surface area contributed by atoms with Crippen molar-refractivity contribution in [1.29, 1.82) is 0 Å². The van der Waals surface area contributed by atoms with Crippen LogP contribution < -0.4 is 14.2 Å². The minimum absolute atomic E-state index is 0.0194. The highest BCUT2D eigenvalue weighted by Crippen LogP contribution is 2.35. The molecular formula is C17H24O5. The Bertz CT molecular complexity index is 526. The number of benzene rings is 1. The second-order valence-electron chi connectivity index (χ2n) is 5.71. The highest BCUT2D eigenvalue weighted by molar-refractivity contribution is 5.93. The monoisotopic (exact) mass is 308 g/mol. The number of carbonyl (C=O) groups excluding carboxylic acids is 1. The lowest BCUT2D eigenvalue weighted by atomic mass is 9.89. The van der Waals surface area contributed by atoms with Gasteiger partial charge < -0.3 is 18.9 Å². The van der Waals surface area contributed by atoms with Gasteiger partial charge in [-0.15, -0.1) is 0 Å². The molecule has 1 aromatic rings. The van der Waals surface area contributed by atoms with E-state index >= 15 is 0 Å². The van der Waals surface area contributed by atoms with Crippen LogP contribution in [0, 0.1) is 5.92 Å². The number of carbonyl (C=O) groups is 1. The Morgan fingerprint density at radius 3 is 2.23 bits per heavy atom. The van der Waals surface area contributed by atoms with E-state index in [1.165, 1.54) is 20.6 Å². The van der Waals surface area contributed by atoms with Gasteiger partial charge in [0, 0.05) is 12.1 Å². The molecule has 5 nitrogen and oxygen atoms in total. The highest BCUT2D eigenvalue weighted by Gasteiger charge is 2.25. The van der Waals surface area contributed by atoms with Crippen LogP contribution in [-0.2, 0) is 4.74 Å². The molecule has 0 bridgehead atoms. The smallest absolute Gasteiger partial charge is 0.342 e. The van der Waals surface area contributed by atoms with Crippen molar-refractivity contribution in [2.24, 2.45) is 5.92 Å². The molecule has 0 amide bonds. The van der Waals surface area contributed by atoms with Crippen LogP contribution in [0.25, 0.3) is 0 Å². The Balaban J connectivity index is 2.20. The van der Waals surface area contributed by atoms with Crippen LogP contribution in [0.5, 0.6) is 17.2 Å². The lowest BCUT2D eigenvalue weighted by Crippen LogP contribution is -2.24. The normalized spacial score (nSPS) is 21.1. The first-order valence-electron chi connectivity index (χ1n) is 7.60. The summed E-state index contributed by atoms with van der Waals surface area (Å²) in [4.78, 5) is 12.5. The number of hydrogen-bond donors (Lipinski definition) is 0. The summed E-state index contributed by atoms with van der Waals surface area (Å²) >= 11 is 0. The van der Waals surface area contributed by atoms with Crippen LogP contribution >= 0.6 is 0 Å². The van der Waals surface area contributed by atoms with Crippen LogP contribution in [0.1, 0.15) is 43.0 Å². The van der Waals surface area contributed by atoms with Crippen LogP contribution in [0.4, 0.5) is 0 Å². The van der Waals surface area contributed by atoms with Crippen LogP contribution in [0.2, 0.25) is 0 Å². The maximum Gasteiger partial charge on any atom is 0.342 e. The molecule has 2 rings (SSSR count). The molecule has 0 spiro atoms. The predicted octanol–water partition coefficient (Wildman–Crippen LogP) is 3.45. The second-order valence-corrected chi connectivity index (χ2v) is 5.71. The molecule has 1 fully saturated rings. The van der Waals surface area contributed by atoms with Gasteiger partial charge in [0.1, 0.15) is 17.4 Å². The Hall–Kier alpha value is -1.91. The lowest BCUT2D eigenvalue weighted by Gasteiger charge is -2.26. The van der Waals surface area contributed by atoms with E-state index in [4.69, 9.17) is 18.9 Å². The first kappa shape index (κ1) is 16.5. The molecular weight excluding hydrogens is 284 g/mol. The molecule has 0 N–H and O–H groups in total. The van der Waals surface area contributed by atoms with Gasteiger partial charge in [-0.2, -0.15) is 0 Å². The van der Waals surface area contributed by atoms with Crippen molar-refractivity contribution in [2.45, 2.75) is 38.7 Å². The summed E-state index contributed by atoms with van der Waals surface area (Å²) in [6, 6.07) is 3.24. The summed E-state index contributed by atoms with van der Waals surface area (Å²) in [5.74, 6) is 1.64. The van der Waals surface area contributed by atoms with E-state index in [-0.39, 0.29) is 12.1 Å². The standard InChI is InChI=1S/C17H24O5/c1-11-6-5-7-12(8-11)22-17(18)13-9-15(20-3)16(21-4)10-14(13)19-2/h9-12H,5-8H2,1-4H3. The van der Waals surface area contributed by atoms with E-state index < -0.39 is 0 Å². The molecule has 122 valence electrons. The molecule has 1 aliphatic rings. The van der Waals surface area contributed by atoms with E-state index in [0.717, 1.165) is 19.3 Å². The minimum Gasteiger partial charge on any atom is -0.496 e. The Labute approximate surface area is 131 Å². The van der Waals surface area contributed by atoms with Gasteiger partial charge in [0.2, 0.25) is 0 Å². The van der Waals surface area contributed by atoms with Crippen molar-refractivity contribution in [3.05, 3.63) is 17.7 Å². The van der Waals surface area contributed by atoms with E-state index in [1.54, 1.807) is 19.2 Å². The van der Waals surface area contributed by atoms with Gasteiger partial charge >= 0.3 is 5.97 Å². The van der Waals surface area contributed by atoms with Crippen LogP contribution in [0.3, 0.4) is 0 Å². The van der Waals surface area contributed by atoms with E-state index in [2.05, 4.69) is 6.92 Å². The number of hydrogen-bond acceptors (Lipinski definition) is 5. The molecule has 0 saturated heterocycles. The lowest BCUT2D eigenvalue weighted by molar-refractivity contribution is 0.0152. The van der Waals surface area contributed by atoms with Crippen LogP contribution in [-0.4, -0.2) is 33.4 Å². The third-order valence-corrected chi connectivity index (χ3v) is 4.09. The van der Waals surface area contributed by atoms with Gasteiger partial charge in [-0.1, -0.05) is 13.3 Å². The number of rotatable bonds is 5. The maximum atomic E-state index is 12.5. The Kier molecular flexibility index (Phi) is 5.52. The van der Waals surface area contributed by atoms with E-state index in [1.807, 2.05) is 0 Å². The molecule has 1 aromatic carbocycles. The molecule has 22 heavy (non-hydrogen) atoms. The summed E-state index contributed by atoms with van der Waals surface area (Å²) in [5.41, 5.74) is 0.360. The molecule has 2 atom stereocenters. The van der Waals surface area contributed by atoms with Gasteiger partial charge in [0.25, 0.3) is 0 Å². The fraction of sp³-hybridized carbons (Fsp3) is 0.588. The molecule has 0 aliphatic heterocycles. The zero-order chi connectivity index (χ0) is 16.1. The average Bonchev–Trinajstić information content (AvgIpc) is 2.53. The van der Waals surface area contributed by atoms with E-state index in [9.17, 15) is 4.79 Å². The molecule has 2 unspecified atom stereocenters. The highest BCUT2D eigenvalue weighted by atomic mass is 16.5. The first-order valence-corrected chi connectivity index (χ1v) is 7.60. The number of ether oxygens (including phenoxy) is 4. The van der Waals surface area contributed by atoms with Gasteiger partial charge in [-0.05, 0) is 25.2 Å². The maximum absolute atomic E-state index is 12.5. The summed E-state index contributed by atoms with van der Waals surface area (Å²) < 4.78 is 21.4. The van der Waals surface area contributed by atoms with Gasteiger partial charge in [0.05, 0.1) is 21.3 Å². The predicted molar refractivity (Wildman–Crippen MR) is 82.9 cm³/mol.